The van der Waals surface area contributed by atoms with Crippen LogP contribution in [0.3, 0.4) is 0 Å². The Hall–Kier alpha value is -1.46. The largest absolute Gasteiger partial charge is 0.384 e. The van der Waals surface area contributed by atoms with Gasteiger partial charge in [0.05, 0.1) is 0 Å². The van der Waals surface area contributed by atoms with Gasteiger partial charge >= 0.3 is 0 Å². The van der Waals surface area contributed by atoms with Crippen LogP contribution in [0.1, 0.15) is 17.2 Å². The summed E-state index contributed by atoms with van der Waals surface area (Å²) in [7, 11) is 0. The van der Waals surface area contributed by atoms with Crippen molar-refractivity contribution in [1.29, 1.82) is 0 Å². The molecule has 0 aliphatic carbocycles. The summed E-state index contributed by atoms with van der Waals surface area (Å²) in [6.45, 7) is 0. The van der Waals surface area contributed by atoms with Crippen molar-refractivity contribution in [2.45, 2.75) is 12.5 Å². The summed E-state index contributed by atoms with van der Waals surface area (Å²) >= 11 is 3.32. The molecule has 0 amide bonds. The van der Waals surface area contributed by atoms with Crippen LogP contribution in [0.5, 0.6) is 0 Å². The average molecular weight is 310 g/mol. The lowest BCUT2D eigenvalue weighted by atomic mass is 10.0. The summed E-state index contributed by atoms with van der Waals surface area (Å²) in [6, 6.07) is 7.94. The zero-order valence-electron chi connectivity index (χ0n) is 9.61. The third-order valence-electron chi connectivity index (χ3n) is 2.66. The summed E-state index contributed by atoms with van der Waals surface area (Å²) in [5.74, 6) is 0.184. The number of nitrogens with zero attached hydrogens (tertiary/aromatic N) is 1. The molecular formula is C13H13BrFN3. The maximum Gasteiger partial charge on any atom is 0.124 e. The Morgan fingerprint density at radius 3 is 2.72 bits per heavy atom. The van der Waals surface area contributed by atoms with Gasteiger partial charge in [-0.05, 0) is 41.8 Å². The minimum atomic E-state index is -0.286. The Bertz CT molecular complexity index is 560. The van der Waals surface area contributed by atoms with E-state index in [4.69, 9.17) is 11.5 Å². The number of hydrogen-bond donors (Lipinski definition) is 2. The van der Waals surface area contributed by atoms with Gasteiger partial charge in [-0.1, -0.05) is 22.0 Å². The number of nitrogen functional groups attached to an aromatic ring is 1. The first kappa shape index (κ1) is 13.0. The Balaban J connectivity index is 2.19. The van der Waals surface area contributed by atoms with Crippen molar-refractivity contribution < 1.29 is 4.39 Å². The van der Waals surface area contributed by atoms with Crippen LogP contribution in [0.4, 0.5) is 10.2 Å². The highest BCUT2D eigenvalue weighted by Crippen LogP contribution is 2.25. The van der Waals surface area contributed by atoms with Gasteiger partial charge in [0.25, 0.3) is 0 Å². The van der Waals surface area contributed by atoms with Crippen LogP contribution in [0.15, 0.2) is 41.0 Å². The van der Waals surface area contributed by atoms with E-state index in [1.807, 2.05) is 6.07 Å². The zero-order chi connectivity index (χ0) is 13.1. The molecule has 3 nitrogen and oxygen atoms in total. The number of aromatic nitrogens is 1. The average Bonchev–Trinajstić information content (AvgIpc) is 2.28. The molecule has 94 valence electrons. The molecule has 1 heterocycles. The smallest absolute Gasteiger partial charge is 0.124 e. The second-order valence-corrected chi connectivity index (χ2v) is 4.92. The molecule has 0 aliphatic heterocycles. The highest BCUT2D eigenvalue weighted by Gasteiger charge is 2.11. The van der Waals surface area contributed by atoms with Crippen LogP contribution in [0.25, 0.3) is 0 Å². The molecule has 4 N–H and O–H groups in total. The summed E-state index contributed by atoms with van der Waals surface area (Å²) in [5, 5.41) is 0. The summed E-state index contributed by atoms with van der Waals surface area (Å²) in [4.78, 5) is 3.93. The number of halogens is 2. The normalized spacial score (nSPS) is 12.4. The van der Waals surface area contributed by atoms with Crippen molar-refractivity contribution in [1.82, 2.24) is 4.98 Å². The lowest BCUT2D eigenvalue weighted by molar-refractivity contribution is 0.623. The standard InChI is InChI=1S/C13H13BrFN3/c14-11-7-9(15)1-2-10(11)12(16)5-8-3-4-18-13(17)6-8/h1-4,6-7,12H,5,16H2,(H2,17,18). The summed E-state index contributed by atoms with van der Waals surface area (Å²) in [5.41, 5.74) is 13.6. The number of benzene rings is 1. The van der Waals surface area contributed by atoms with Crippen LogP contribution in [0, 0.1) is 5.82 Å². The minimum Gasteiger partial charge on any atom is -0.384 e. The van der Waals surface area contributed by atoms with Crippen LogP contribution >= 0.6 is 15.9 Å². The quantitative estimate of drug-likeness (QED) is 0.916. The van der Waals surface area contributed by atoms with E-state index in [2.05, 4.69) is 20.9 Å². The maximum absolute atomic E-state index is 13.0. The van der Waals surface area contributed by atoms with E-state index in [0.717, 1.165) is 11.1 Å². The van der Waals surface area contributed by atoms with Gasteiger partial charge in [-0.3, -0.25) is 0 Å². The highest BCUT2D eigenvalue weighted by molar-refractivity contribution is 9.10. The fourth-order valence-electron chi connectivity index (χ4n) is 1.79. The predicted octanol–water partition coefficient (Wildman–Crippen LogP) is 2.81. The number of nitrogens with two attached hydrogens (primary N) is 2. The Kier molecular flexibility index (Phi) is 3.93. The first-order valence-electron chi connectivity index (χ1n) is 5.47. The van der Waals surface area contributed by atoms with Crippen molar-refractivity contribution in [3.63, 3.8) is 0 Å². The summed E-state index contributed by atoms with van der Waals surface area (Å²) < 4.78 is 13.7. The lowest BCUT2D eigenvalue weighted by Gasteiger charge is -2.14. The first-order chi connectivity index (χ1) is 8.56. The van der Waals surface area contributed by atoms with Gasteiger partial charge in [0, 0.05) is 16.7 Å². The molecule has 0 spiro atoms. The Labute approximate surface area is 113 Å². The highest BCUT2D eigenvalue weighted by atomic mass is 79.9. The molecule has 0 radical (unpaired) electrons. The van der Waals surface area contributed by atoms with Crippen LogP contribution in [0.2, 0.25) is 0 Å². The Morgan fingerprint density at radius 1 is 1.28 bits per heavy atom. The fraction of sp³-hybridized carbons (Fsp3) is 0.154. The van der Waals surface area contributed by atoms with Gasteiger partial charge < -0.3 is 11.5 Å². The molecule has 1 aromatic heterocycles. The molecule has 0 fully saturated rings. The van der Waals surface area contributed by atoms with E-state index in [-0.39, 0.29) is 11.9 Å². The van der Waals surface area contributed by atoms with Gasteiger partial charge in [0.1, 0.15) is 11.6 Å². The maximum atomic E-state index is 13.0. The minimum absolute atomic E-state index is 0.221. The molecule has 0 aliphatic rings. The van der Waals surface area contributed by atoms with E-state index in [9.17, 15) is 4.39 Å². The molecule has 1 atom stereocenters. The molecule has 18 heavy (non-hydrogen) atoms. The number of rotatable bonds is 3. The second kappa shape index (κ2) is 5.46. The van der Waals surface area contributed by atoms with E-state index in [1.54, 1.807) is 18.3 Å². The van der Waals surface area contributed by atoms with E-state index >= 15 is 0 Å². The van der Waals surface area contributed by atoms with Gasteiger partial charge in [0.2, 0.25) is 0 Å². The third kappa shape index (κ3) is 3.05. The van der Waals surface area contributed by atoms with Crippen molar-refractivity contribution in [2.75, 3.05) is 5.73 Å². The molecule has 0 bridgehead atoms. The molecule has 2 aromatic rings. The van der Waals surface area contributed by atoms with Crippen molar-refractivity contribution in [3.05, 3.63) is 57.9 Å². The molecule has 0 saturated heterocycles. The zero-order valence-corrected chi connectivity index (χ0v) is 11.2. The molecular weight excluding hydrogens is 297 g/mol. The van der Waals surface area contributed by atoms with E-state index < -0.39 is 0 Å². The SMILES string of the molecule is Nc1cc(CC(N)c2ccc(F)cc2Br)ccn1. The van der Waals surface area contributed by atoms with Crippen LogP contribution in [-0.2, 0) is 6.42 Å². The topological polar surface area (TPSA) is 64.9 Å². The van der Waals surface area contributed by atoms with Crippen LogP contribution in [-0.4, -0.2) is 4.98 Å². The first-order valence-corrected chi connectivity index (χ1v) is 6.26. The van der Waals surface area contributed by atoms with Gasteiger partial charge in [-0.2, -0.15) is 0 Å². The van der Waals surface area contributed by atoms with Crippen molar-refractivity contribution in [2.24, 2.45) is 5.73 Å². The third-order valence-corrected chi connectivity index (χ3v) is 3.35. The molecule has 2 rings (SSSR count). The van der Waals surface area contributed by atoms with Crippen molar-refractivity contribution in [3.8, 4) is 0 Å². The summed E-state index contributed by atoms with van der Waals surface area (Å²) in [6.07, 6.45) is 2.27. The van der Waals surface area contributed by atoms with Gasteiger partial charge in [-0.15, -0.1) is 0 Å². The molecule has 1 aromatic carbocycles. The number of anilines is 1. The molecule has 1 unspecified atom stereocenters. The number of hydrogen-bond acceptors (Lipinski definition) is 3. The van der Waals surface area contributed by atoms with E-state index in [1.165, 1.54) is 12.1 Å². The monoisotopic (exact) mass is 309 g/mol. The molecule has 0 saturated carbocycles. The fourth-order valence-corrected chi connectivity index (χ4v) is 2.43. The van der Waals surface area contributed by atoms with Crippen molar-refractivity contribution >= 4 is 21.7 Å². The van der Waals surface area contributed by atoms with Gasteiger partial charge in [-0.25, -0.2) is 9.37 Å². The van der Waals surface area contributed by atoms with E-state index in [0.29, 0.717) is 16.7 Å². The number of pyridine rings is 1. The second-order valence-electron chi connectivity index (χ2n) is 4.07. The lowest BCUT2D eigenvalue weighted by Crippen LogP contribution is -2.14. The van der Waals surface area contributed by atoms with Crippen LogP contribution < -0.4 is 11.5 Å². The Morgan fingerprint density at radius 2 is 2.06 bits per heavy atom. The molecule has 5 heteroatoms. The predicted molar refractivity (Wildman–Crippen MR) is 73.4 cm³/mol. The van der Waals surface area contributed by atoms with Gasteiger partial charge in [0.15, 0.2) is 0 Å².